The highest BCUT2D eigenvalue weighted by atomic mass is 32.1. The molecular formula is C16H20N3OS+. The number of pyridine rings is 1. The molecule has 1 fully saturated rings. The van der Waals surface area contributed by atoms with Crippen LogP contribution in [0.2, 0.25) is 0 Å². The molecule has 1 saturated heterocycles. The molecule has 4 nitrogen and oxygen atoms in total. The second-order valence-corrected chi connectivity index (χ2v) is 6.23. The molecule has 0 aliphatic carbocycles. The Morgan fingerprint density at radius 2 is 2.00 bits per heavy atom. The number of aromatic nitrogens is 1. The predicted molar refractivity (Wildman–Crippen MR) is 84.4 cm³/mol. The molecule has 0 unspecified atom stereocenters. The molecule has 0 atom stereocenters. The molecule has 1 aliphatic rings. The van der Waals surface area contributed by atoms with E-state index < -0.39 is 0 Å². The molecule has 0 aromatic carbocycles. The van der Waals surface area contributed by atoms with E-state index in [9.17, 15) is 4.79 Å². The maximum absolute atomic E-state index is 12.2. The van der Waals surface area contributed by atoms with Gasteiger partial charge >= 0.3 is 0 Å². The van der Waals surface area contributed by atoms with Crippen molar-refractivity contribution in [3.63, 3.8) is 0 Å². The first-order valence-corrected chi connectivity index (χ1v) is 8.23. The number of carbonyl (C=O) groups is 1. The zero-order valence-corrected chi connectivity index (χ0v) is 12.8. The van der Waals surface area contributed by atoms with Crippen LogP contribution in [-0.2, 0) is 11.2 Å². The number of aromatic amines is 1. The summed E-state index contributed by atoms with van der Waals surface area (Å²) in [7, 11) is 0. The highest BCUT2D eigenvalue weighted by Gasteiger charge is 2.25. The Kier molecular flexibility index (Phi) is 4.50. The molecule has 0 radical (unpaired) electrons. The number of nitrogens with one attached hydrogen (secondary N) is 1. The quantitative estimate of drug-likeness (QED) is 0.864. The molecule has 1 amide bonds. The van der Waals surface area contributed by atoms with Gasteiger partial charge in [0.1, 0.15) is 13.1 Å². The summed E-state index contributed by atoms with van der Waals surface area (Å²) < 4.78 is 0. The molecule has 21 heavy (non-hydrogen) atoms. The van der Waals surface area contributed by atoms with Gasteiger partial charge in [0.15, 0.2) is 0 Å². The minimum atomic E-state index is 0.278. The molecule has 2 aromatic heterocycles. The molecule has 5 heteroatoms. The van der Waals surface area contributed by atoms with Crippen LogP contribution in [0.25, 0.3) is 0 Å². The van der Waals surface area contributed by atoms with Crippen LogP contribution in [0.3, 0.4) is 0 Å². The Morgan fingerprint density at radius 3 is 2.67 bits per heavy atom. The lowest BCUT2D eigenvalue weighted by molar-refractivity contribution is -0.364. The molecule has 110 valence electrons. The number of nitrogens with zero attached hydrogens (tertiary/aromatic N) is 2. The number of aryl methyl sites for hydroxylation is 1. The molecule has 0 saturated carbocycles. The summed E-state index contributed by atoms with van der Waals surface area (Å²) in [6.45, 7) is 3.41. The van der Waals surface area contributed by atoms with E-state index in [0.29, 0.717) is 6.42 Å². The van der Waals surface area contributed by atoms with Crippen LogP contribution in [0, 0.1) is 0 Å². The fraction of sp³-hybridized carbons (Fsp3) is 0.375. The van der Waals surface area contributed by atoms with Crippen LogP contribution >= 0.6 is 11.3 Å². The average Bonchev–Trinajstić information content (AvgIpc) is 3.07. The first-order valence-electron chi connectivity index (χ1n) is 7.35. The van der Waals surface area contributed by atoms with Crippen LogP contribution < -0.4 is 9.88 Å². The summed E-state index contributed by atoms with van der Waals surface area (Å²) in [5.74, 6) is 1.41. The van der Waals surface area contributed by atoms with Gasteiger partial charge in [-0.25, -0.2) is 4.98 Å². The third-order valence-electron chi connectivity index (χ3n) is 3.83. The van der Waals surface area contributed by atoms with Crippen molar-refractivity contribution in [3.05, 3.63) is 46.8 Å². The first kappa shape index (κ1) is 14.1. The van der Waals surface area contributed by atoms with E-state index >= 15 is 0 Å². The van der Waals surface area contributed by atoms with Gasteiger partial charge in [-0.1, -0.05) is 12.1 Å². The maximum atomic E-state index is 12.2. The van der Waals surface area contributed by atoms with E-state index in [-0.39, 0.29) is 5.91 Å². The van der Waals surface area contributed by atoms with Crippen molar-refractivity contribution in [2.45, 2.75) is 12.8 Å². The maximum Gasteiger partial charge on any atom is 0.274 e. The molecule has 1 N–H and O–H groups in total. The van der Waals surface area contributed by atoms with Gasteiger partial charge in [0.05, 0.1) is 19.3 Å². The Balaban J connectivity index is 1.48. The Labute approximate surface area is 129 Å². The normalized spacial score (nSPS) is 15.2. The van der Waals surface area contributed by atoms with Crippen molar-refractivity contribution in [1.29, 1.82) is 0 Å². The van der Waals surface area contributed by atoms with E-state index in [1.807, 2.05) is 29.3 Å². The van der Waals surface area contributed by atoms with E-state index in [2.05, 4.69) is 27.4 Å². The summed E-state index contributed by atoms with van der Waals surface area (Å²) in [4.78, 5) is 21.1. The van der Waals surface area contributed by atoms with E-state index in [1.54, 1.807) is 11.3 Å². The number of carbonyl (C=O) groups excluding carboxylic acids is 1. The van der Waals surface area contributed by atoms with Crippen molar-refractivity contribution in [2.75, 3.05) is 31.1 Å². The zero-order valence-electron chi connectivity index (χ0n) is 12.0. The lowest BCUT2D eigenvalue weighted by Crippen LogP contribution is -2.50. The zero-order chi connectivity index (χ0) is 14.5. The van der Waals surface area contributed by atoms with Gasteiger partial charge in [-0.05, 0) is 23.9 Å². The van der Waals surface area contributed by atoms with Gasteiger partial charge in [0.25, 0.3) is 5.82 Å². The Hall–Kier alpha value is -1.88. The first-order chi connectivity index (χ1) is 10.3. The SMILES string of the molecule is O=C(CCc1cccs1)N1CCN(c2cccc[nH+]2)CC1. The van der Waals surface area contributed by atoms with Crippen molar-refractivity contribution in [3.8, 4) is 0 Å². The van der Waals surface area contributed by atoms with Crippen LogP contribution in [0.1, 0.15) is 11.3 Å². The predicted octanol–water partition coefficient (Wildman–Crippen LogP) is 1.84. The molecule has 2 aromatic rings. The molecule has 3 rings (SSSR count). The third-order valence-corrected chi connectivity index (χ3v) is 4.77. The van der Waals surface area contributed by atoms with Gasteiger partial charge in [-0.15, -0.1) is 11.3 Å². The summed E-state index contributed by atoms with van der Waals surface area (Å²) in [5, 5.41) is 2.06. The van der Waals surface area contributed by atoms with E-state index in [0.717, 1.165) is 38.4 Å². The molecule has 1 aliphatic heterocycles. The summed E-state index contributed by atoms with van der Waals surface area (Å²) in [6.07, 6.45) is 3.43. The standard InChI is InChI=1S/C16H19N3OS/c20-16(7-6-14-4-3-13-21-14)19-11-9-18(10-12-19)15-5-1-2-8-17-15/h1-5,8,13H,6-7,9-12H2/p+1. The highest BCUT2D eigenvalue weighted by Crippen LogP contribution is 2.14. The van der Waals surface area contributed by atoms with Crippen molar-refractivity contribution >= 4 is 23.1 Å². The summed E-state index contributed by atoms with van der Waals surface area (Å²) in [6, 6.07) is 10.2. The fourth-order valence-corrected chi connectivity index (χ4v) is 3.33. The minimum absolute atomic E-state index is 0.278. The lowest BCUT2D eigenvalue weighted by Gasteiger charge is -2.31. The monoisotopic (exact) mass is 302 g/mol. The molecule has 3 heterocycles. The smallest absolute Gasteiger partial charge is 0.274 e. The lowest BCUT2D eigenvalue weighted by atomic mass is 10.2. The number of amides is 1. The van der Waals surface area contributed by atoms with Gasteiger partial charge in [-0.2, -0.15) is 0 Å². The second-order valence-electron chi connectivity index (χ2n) is 5.20. The molecule has 0 bridgehead atoms. The van der Waals surface area contributed by atoms with Gasteiger partial charge < -0.3 is 4.90 Å². The Bertz CT molecular complexity index is 562. The Morgan fingerprint density at radius 1 is 1.14 bits per heavy atom. The van der Waals surface area contributed by atoms with Gasteiger partial charge in [0, 0.05) is 17.4 Å². The number of anilines is 1. The van der Waals surface area contributed by atoms with Crippen molar-refractivity contribution in [1.82, 2.24) is 4.90 Å². The van der Waals surface area contributed by atoms with Gasteiger partial charge in [0.2, 0.25) is 5.91 Å². The summed E-state index contributed by atoms with van der Waals surface area (Å²) >= 11 is 1.73. The fourth-order valence-electron chi connectivity index (χ4n) is 2.62. The topological polar surface area (TPSA) is 37.7 Å². The van der Waals surface area contributed by atoms with E-state index in [4.69, 9.17) is 0 Å². The second kappa shape index (κ2) is 6.72. The average molecular weight is 302 g/mol. The largest absolute Gasteiger partial charge is 0.335 e. The van der Waals surface area contributed by atoms with Crippen LogP contribution in [0.4, 0.5) is 5.82 Å². The number of H-pyrrole nitrogens is 1. The van der Waals surface area contributed by atoms with Gasteiger partial charge in [-0.3, -0.25) is 9.69 Å². The number of thiophene rings is 1. The molecule has 0 spiro atoms. The van der Waals surface area contributed by atoms with Crippen LogP contribution in [0.5, 0.6) is 0 Å². The number of rotatable bonds is 4. The number of hydrogen-bond acceptors (Lipinski definition) is 3. The number of hydrogen-bond donors (Lipinski definition) is 0. The molecular weight excluding hydrogens is 282 g/mol. The van der Waals surface area contributed by atoms with Crippen molar-refractivity contribution in [2.24, 2.45) is 0 Å². The minimum Gasteiger partial charge on any atom is -0.335 e. The van der Waals surface area contributed by atoms with Crippen molar-refractivity contribution < 1.29 is 9.78 Å². The van der Waals surface area contributed by atoms with E-state index in [1.165, 1.54) is 4.88 Å². The summed E-state index contributed by atoms with van der Waals surface area (Å²) in [5.41, 5.74) is 0. The number of piperazine rings is 1. The van der Waals surface area contributed by atoms with Crippen LogP contribution in [-0.4, -0.2) is 37.0 Å². The third kappa shape index (κ3) is 3.61. The highest BCUT2D eigenvalue weighted by molar-refractivity contribution is 7.09. The van der Waals surface area contributed by atoms with Crippen LogP contribution in [0.15, 0.2) is 41.9 Å².